The summed E-state index contributed by atoms with van der Waals surface area (Å²) in [5.41, 5.74) is 0.801. The average Bonchev–Trinajstić information content (AvgIpc) is 2.57. The Bertz CT molecular complexity index is 749. The Hall–Kier alpha value is -2.89. The molecule has 2 amide bonds. The molecular weight excluding hydrogens is 323 g/mol. The third kappa shape index (κ3) is 5.31. The Balaban J connectivity index is 2.19. The molecule has 0 saturated carbocycles. The number of para-hydroxylation sites is 2. The highest BCUT2D eigenvalue weighted by molar-refractivity contribution is 5.91. The highest BCUT2D eigenvalue weighted by atomic mass is 19.1. The van der Waals surface area contributed by atoms with Gasteiger partial charge in [-0.25, -0.2) is 4.39 Å². The molecule has 2 N–H and O–H groups in total. The van der Waals surface area contributed by atoms with Crippen LogP contribution in [0.4, 0.5) is 10.1 Å². The lowest BCUT2D eigenvalue weighted by Gasteiger charge is -2.21. The molecule has 0 heterocycles. The molecule has 0 radical (unpaired) electrons. The number of anilines is 1. The van der Waals surface area contributed by atoms with Gasteiger partial charge in [0.25, 0.3) is 0 Å². The molecule has 0 bridgehead atoms. The van der Waals surface area contributed by atoms with E-state index in [1.165, 1.54) is 19.1 Å². The fourth-order valence-electron chi connectivity index (χ4n) is 2.49. The van der Waals surface area contributed by atoms with Gasteiger partial charge in [-0.2, -0.15) is 0 Å². The molecule has 0 fully saturated rings. The number of hydrogen-bond acceptors (Lipinski definition) is 3. The van der Waals surface area contributed by atoms with Crippen molar-refractivity contribution in [1.82, 2.24) is 5.32 Å². The molecule has 6 heteroatoms. The number of amides is 2. The van der Waals surface area contributed by atoms with E-state index in [0.717, 1.165) is 0 Å². The molecule has 1 atom stereocenters. The summed E-state index contributed by atoms with van der Waals surface area (Å²) in [6, 6.07) is 12.6. The van der Waals surface area contributed by atoms with E-state index >= 15 is 0 Å². The van der Waals surface area contributed by atoms with Gasteiger partial charge in [-0.3, -0.25) is 9.59 Å². The first kappa shape index (κ1) is 18.4. The first-order valence-corrected chi connectivity index (χ1v) is 8.04. The zero-order chi connectivity index (χ0) is 18.2. The van der Waals surface area contributed by atoms with E-state index in [-0.39, 0.29) is 18.0 Å². The predicted octanol–water partition coefficient (Wildman–Crippen LogP) is 3.43. The minimum atomic E-state index is -0.577. The summed E-state index contributed by atoms with van der Waals surface area (Å²) in [5.74, 6) is -0.589. The lowest BCUT2D eigenvalue weighted by Crippen LogP contribution is -2.30. The molecule has 25 heavy (non-hydrogen) atoms. The minimum Gasteiger partial charge on any atom is -0.494 e. The molecule has 2 aromatic carbocycles. The number of carbonyl (C=O) groups excluding carboxylic acids is 2. The Morgan fingerprint density at radius 1 is 1.12 bits per heavy atom. The van der Waals surface area contributed by atoms with Crippen LogP contribution in [0.15, 0.2) is 48.5 Å². The van der Waals surface area contributed by atoms with Crippen molar-refractivity contribution in [2.75, 3.05) is 11.9 Å². The quantitative estimate of drug-likeness (QED) is 0.809. The van der Waals surface area contributed by atoms with Gasteiger partial charge < -0.3 is 15.4 Å². The zero-order valence-electron chi connectivity index (χ0n) is 14.2. The van der Waals surface area contributed by atoms with Crippen molar-refractivity contribution >= 4 is 17.5 Å². The second-order valence-corrected chi connectivity index (χ2v) is 5.46. The van der Waals surface area contributed by atoms with Crippen LogP contribution in [-0.2, 0) is 9.59 Å². The number of hydrogen-bond donors (Lipinski definition) is 2. The third-order valence-electron chi connectivity index (χ3n) is 3.51. The van der Waals surface area contributed by atoms with E-state index in [4.69, 9.17) is 4.74 Å². The number of rotatable bonds is 7. The number of ether oxygens (including phenoxy) is 1. The van der Waals surface area contributed by atoms with Gasteiger partial charge in [0, 0.05) is 12.5 Å². The second-order valence-electron chi connectivity index (χ2n) is 5.46. The minimum absolute atomic E-state index is 0.0436. The highest BCUT2D eigenvalue weighted by Crippen LogP contribution is 2.28. The van der Waals surface area contributed by atoms with E-state index < -0.39 is 17.8 Å². The standard InChI is InChI=1S/C19H21FN2O3/c1-3-25-18-11-7-4-8-14(18)17(21-13(2)23)12-19(24)22-16-10-6-5-9-15(16)20/h4-11,17H,3,12H2,1-2H3,(H,21,23)(H,22,24). The van der Waals surface area contributed by atoms with E-state index in [9.17, 15) is 14.0 Å². The van der Waals surface area contributed by atoms with Gasteiger partial charge in [-0.05, 0) is 25.1 Å². The lowest BCUT2D eigenvalue weighted by atomic mass is 10.0. The summed E-state index contributed by atoms with van der Waals surface area (Å²) < 4.78 is 19.3. The number of benzene rings is 2. The van der Waals surface area contributed by atoms with Gasteiger partial charge in [0.15, 0.2) is 0 Å². The van der Waals surface area contributed by atoms with Gasteiger partial charge in [-0.15, -0.1) is 0 Å². The maximum atomic E-state index is 13.7. The fourth-order valence-corrected chi connectivity index (χ4v) is 2.49. The number of carbonyl (C=O) groups is 2. The first-order valence-electron chi connectivity index (χ1n) is 8.04. The summed E-state index contributed by atoms with van der Waals surface area (Å²) in [5, 5.41) is 5.28. The summed E-state index contributed by atoms with van der Waals surface area (Å²) in [6.07, 6.45) is -0.0436. The summed E-state index contributed by atoms with van der Waals surface area (Å²) in [6.45, 7) is 3.70. The van der Waals surface area contributed by atoms with E-state index in [1.54, 1.807) is 30.3 Å². The van der Waals surface area contributed by atoms with Crippen molar-refractivity contribution in [2.24, 2.45) is 0 Å². The van der Waals surface area contributed by atoms with Gasteiger partial charge in [0.2, 0.25) is 11.8 Å². The number of halogens is 1. The molecule has 2 aromatic rings. The maximum Gasteiger partial charge on any atom is 0.226 e. The van der Waals surface area contributed by atoms with Crippen molar-refractivity contribution in [3.63, 3.8) is 0 Å². The van der Waals surface area contributed by atoms with E-state index in [0.29, 0.717) is 17.9 Å². The van der Waals surface area contributed by atoms with Crippen molar-refractivity contribution < 1.29 is 18.7 Å². The monoisotopic (exact) mass is 344 g/mol. The van der Waals surface area contributed by atoms with Crippen LogP contribution < -0.4 is 15.4 Å². The van der Waals surface area contributed by atoms with Gasteiger partial charge in [0.1, 0.15) is 11.6 Å². The normalized spacial score (nSPS) is 11.5. The Labute approximate surface area is 146 Å². The van der Waals surface area contributed by atoms with Crippen LogP contribution in [0.25, 0.3) is 0 Å². The fraction of sp³-hybridized carbons (Fsp3) is 0.263. The van der Waals surface area contributed by atoms with Crippen molar-refractivity contribution in [1.29, 1.82) is 0 Å². The van der Waals surface area contributed by atoms with Crippen molar-refractivity contribution in [3.05, 3.63) is 59.9 Å². The Morgan fingerprint density at radius 2 is 1.80 bits per heavy atom. The topological polar surface area (TPSA) is 67.4 Å². The summed E-state index contributed by atoms with van der Waals surface area (Å²) in [7, 11) is 0. The van der Waals surface area contributed by atoms with Crippen LogP contribution in [0.5, 0.6) is 5.75 Å². The van der Waals surface area contributed by atoms with Crippen LogP contribution in [0, 0.1) is 5.82 Å². The van der Waals surface area contributed by atoms with Crippen LogP contribution in [0.1, 0.15) is 31.9 Å². The van der Waals surface area contributed by atoms with Gasteiger partial charge in [-0.1, -0.05) is 30.3 Å². The zero-order valence-corrected chi connectivity index (χ0v) is 14.2. The van der Waals surface area contributed by atoms with Crippen LogP contribution >= 0.6 is 0 Å². The van der Waals surface area contributed by atoms with Crippen LogP contribution in [0.2, 0.25) is 0 Å². The van der Waals surface area contributed by atoms with Crippen molar-refractivity contribution in [3.8, 4) is 5.75 Å². The summed E-state index contributed by atoms with van der Waals surface area (Å²) >= 11 is 0. The second kappa shape index (κ2) is 8.82. The first-order chi connectivity index (χ1) is 12.0. The Kier molecular flexibility index (Phi) is 6.51. The number of nitrogens with one attached hydrogen (secondary N) is 2. The molecule has 0 aliphatic heterocycles. The Morgan fingerprint density at radius 3 is 2.48 bits per heavy atom. The van der Waals surface area contributed by atoms with Crippen LogP contribution in [0.3, 0.4) is 0 Å². The molecule has 0 aliphatic carbocycles. The predicted molar refractivity (Wildman–Crippen MR) is 93.8 cm³/mol. The largest absolute Gasteiger partial charge is 0.494 e. The molecule has 0 aromatic heterocycles. The average molecular weight is 344 g/mol. The van der Waals surface area contributed by atoms with Crippen LogP contribution in [-0.4, -0.2) is 18.4 Å². The lowest BCUT2D eigenvalue weighted by molar-refractivity contribution is -0.120. The molecule has 2 rings (SSSR count). The molecule has 0 spiro atoms. The van der Waals surface area contributed by atoms with Gasteiger partial charge >= 0.3 is 0 Å². The molecule has 0 saturated heterocycles. The molecule has 0 aliphatic rings. The maximum absolute atomic E-state index is 13.7. The molecule has 132 valence electrons. The highest BCUT2D eigenvalue weighted by Gasteiger charge is 2.21. The van der Waals surface area contributed by atoms with Crippen molar-refractivity contribution in [2.45, 2.75) is 26.3 Å². The van der Waals surface area contributed by atoms with E-state index in [1.807, 2.05) is 13.0 Å². The molecular formula is C19H21FN2O3. The SMILES string of the molecule is CCOc1ccccc1C(CC(=O)Nc1ccccc1F)NC(C)=O. The molecule has 5 nitrogen and oxygen atoms in total. The molecule has 1 unspecified atom stereocenters. The van der Waals surface area contributed by atoms with Gasteiger partial charge in [0.05, 0.1) is 24.8 Å². The summed E-state index contributed by atoms with van der Waals surface area (Å²) in [4.78, 5) is 23.9. The third-order valence-corrected chi connectivity index (χ3v) is 3.51. The van der Waals surface area contributed by atoms with E-state index in [2.05, 4.69) is 10.6 Å². The smallest absolute Gasteiger partial charge is 0.226 e.